The van der Waals surface area contributed by atoms with Crippen molar-refractivity contribution in [2.24, 2.45) is 11.1 Å². The van der Waals surface area contributed by atoms with Gasteiger partial charge < -0.3 is 4.84 Å². The second-order valence-corrected chi connectivity index (χ2v) is 7.23. The SMILES string of the molecule is FC(F)(F)c1ccc(Cl)cc1C(=NOCC1CCCCC1)c1ccccc1. The van der Waals surface area contributed by atoms with Gasteiger partial charge in [0.1, 0.15) is 12.3 Å². The normalized spacial score (nSPS) is 16.4. The molecule has 1 saturated carbocycles. The molecule has 0 unspecified atom stereocenters. The molecule has 2 aromatic carbocycles. The summed E-state index contributed by atoms with van der Waals surface area (Å²) in [5.74, 6) is 0.404. The molecule has 0 bridgehead atoms. The van der Waals surface area contributed by atoms with Crippen LogP contribution in [-0.2, 0) is 11.0 Å². The smallest absolute Gasteiger partial charge is 0.395 e. The number of rotatable bonds is 5. The van der Waals surface area contributed by atoms with Crippen molar-refractivity contribution in [2.45, 2.75) is 38.3 Å². The highest BCUT2D eigenvalue weighted by atomic mass is 35.5. The summed E-state index contributed by atoms with van der Waals surface area (Å²) in [6, 6.07) is 12.2. The Bertz CT molecular complexity index is 784. The van der Waals surface area contributed by atoms with Crippen LogP contribution < -0.4 is 0 Å². The molecular formula is C21H21ClF3NO. The molecule has 144 valence electrons. The minimum Gasteiger partial charge on any atom is -0.395 e. The van der Waals surface area contributed by atoms with Crippen molar-refractivity contribution < 1.29 is 18.0 Å². The van der Waals surface area contributed by atoms with Crippen LogP contribution in [0.25, 0.3) is 0 Å². The van der Waals surface area contributed by atoms with Gasteiger partial charge in [-0.1, -0.05) is 66.4 Å². The van der Waals surface area contributed by atoms with E-state index < -0.39 is 11.7 Å². The van der Waals surface area contributed by atoms with Gasteiger partial charge in [0, 0.05) is 16.1 Å². The highest BCUT2D eigenvalue weighted by molar-refractivity contribution is 6.31. The molecule has 2 nitrogen and oxygen atoms in total. The van der Waals surface area contributed by atoms with E-state index in [1.807, 2.05) is 0 Å². The minimum atomic E-state index is -4.52. The fourth-order valence-electron chi connectivity index (χ4n) is 3.37. The molecule has 3 rings (SSSR count). The molecule has 6 heteroatoms. The van der Waals surface area contributed by atoms with E-state index in [0.29, 0.717) is 18.1 Å². The fourth-order valence-corrected chi connectivity index (χ4v) is 3.55. The molecule has 0 heterocycles. The first-order chi connectivity index (χ1) is 12.9. The predicted octanol–water partition coefficient (Wildman–Crippen LogP) is 6.71. The highest BCUT2D eigenvalue weighted by Gasteiger charge is 2.35. The first-order valence-electron chi connectivity index (χ1n) is 9.07. The maximum atomic E-state index is 13.5. The molecule has 27 heavy (non-hydrogen) atoms. The van der Waals surface area contributed by atoms with Crippen molar-refractivity contribution in [3.63, 3.8) is 0 Å². The van der Waals surface area contributed by atoms with Crippen LogP contribution in [0.5, 0.6) is 0 Å². The van der Waals surface area contributed by atoms with E-state index in [4.69, 9.17) is 16.4 Å². The number of nitrogens with zero attached hydrogens (tertiary/aromatic N) is 1. The fraction of sp³-hybridized carbons (Fsp3) is 0.381. The molecule has 0 aromatic heterocycles. The van der Waals surface area contributed by atoms with Crippen molar-refractivity contribution in [2.75, 3.05) is 6.61 Å². The third-order valence-electron chi connectivity index (χ3n) is 4.78. The van der Waals surface area contributed by atoms with E-state index in [0.717, 1.165) is 31.7 Å². The molecule has 0 amide bonds. The van der Waals surface area contributed by atoms with Crippen LogP contribution in [-0.4, -0.2) is 12.3 Å². The summed E-state index contributed by atoms with van der Waals surface area (Å²) in [7, 11) is 0. The lowest BCUT2D eigenvalue weighted by Gasteiger charge is -2.20. The summed E-state index contributed by atoms with van der Waals surface area (Å²) in [5.41, 5.74) is -0.171. The Balaban J connectivity index is 1.96. The van der Waals surface area contributed by atoms with Gasteiger partial charge in [-0.3, -0.25) is 0 Å². The first kappa shape index (κ1) is 19.7. The Morgan fingerprint density at radius 3 is 2.41 bits per heavy atom. The van der Waals surface area contributed by atoms with E-state index in [1.54, 1.807) is 30.3 Å². The lowest BCUT2D eigenvalue weighted by atomic mass is 9.90. The van der Waals surface area contributed by atoms with Gasteiger partial charge in [0.05, 0.1) is 5.56 Å². The predicted molar refractivity (Wildman–Crippen MR) is 101 cm³/mol. The van der Waals surface area contributed by atoms with E-state index in [1.165, 1.54) is 18.6 Å². The molecule has 0 atom stereocenters. The molecule has 0 spiro atoms. The topological polar surface area (TPSA) is 21.6 Å². The molecule has 0 N–H and O–H groups in total. The third kappa shape index (κ3) is 5.25. The van der Waals surface area contributed by atoms with Crippen LogP contribution in [0.1, 0.15) is 48.8 Å². The van der Waals surface area contributed by atoms with Gasteiger partial charge in [-0.25, -0.2) is 0 Å². The van der Waals surface area contributed by atoms with Gasteiger partial charge in [-0.05, 0) is 37.0 Å². The lowest BCUT2D eigenvalue weighted by molar-refractivity contribution is -0.137. The summed E-state index contributed by atoms with van der Waals surface area (Å²) in [5, 5.41) is 4.35. The van der Waals surface area contributed by atoms with Gasteiger partial charge >= 0.3 is 6.18 Å². The van der Waals surface area contributed by atoms with Crippen LogP contribution in [0.4, 0.5) is 13.2 Å². The summed E-state index contributed by atoms with van der Waals surface area (Å²) < 4.78 is 40.6. The van der Waals surface area contributed by atoms with Crippen LogP contribution >= 0.6 is 11.6 Å². The van der Waals surface area contributed by atoms with Crippen molar-refractivity contribution in [1.82, 2.24) is 0 Å². The zero-order chi connectivity index (χ0) is 19.3. The molecule has 0 aliphatic heterocycles. The molecule has 0 saturated heterocycles. The largest absolute Gasteiger partial charge is 0.417 e. The zero-order valence-electron chi connectivity index (χ0n) is 14.8. The second-order valence-electron chi connectivity index (χ2n) is 6.79. The van der Waals surface area contributed by atoms with Gasteiger partial charge in [-0.2, -0.15) is 13.2 Å². The summed E-state index contributed by atoms with van der Waals surface area (Å²) in [6.07, 6.45) is 1.18. The van der Waals surface area contributed by atoms with Crippen molar-refractivity contribution in [3.05, 3.63) is 70.2 Å². The summed E-state index contributed by atoms with van der Waals surface area (Å²) in [4.78, 5) is 5.53. The number of halogens is 4. The van der Waals surface area contributed by atoms with Gasteiger partial charge in [-0.15, -0.1) is 0 Å². The van der Waals surface area contributed by atoms with Crippen LogP contribution in [0.2, 0.25) is 5.02 Å². The minimum absolute atomic E-state index is 0.0788. The second kappa shape index (κ2) is 8.79. The molecule has 1 aliphatic rings. The molecule has 2 aromatic rings. The number of oxime groups is 1. The van der Waals surface area contributed by atoms with Gasteiger partial charge in [0.2, 0.25) is 0 Å². The third-order valence-corrected chi connectivity index (χ3v) is 5.02. The van der Waals surface area contributed by atoms with Crippen molar-refractivity contribution in [1.29, 1.82) is 0 Å². The van der Waals surface area contributed by atoms with E-state index in [2.05, 4.69) is 5.16 Å². The van der Waals surface area contributed by atoms with Crippen molar-refractivity contribution in [3.8, 4) is 0 Å². The van der Waals surface area contributed by atoms with Crippen molar-refractivity contribution >= 4 is 17.3 Å². The number of hydrogen-bond acceptors (Lipinski definition) is 2. The van der Waals surface area contributed by atoms with Crippen LogP contribution in [0.3, 0.4) is 0 Å². The maximum absolute atomic E-state index is 13.5. The van der Waals surface area contributed by atoms with Gasteiger partial charge in [0.15, 0.2) is 0 Å². The maximum Gasteiger partial charge on any atom is 0.417 e. The number of benzene rings is 2. The Kier molecular flexibility index (Phi) is 6.42. The van der Waals surface area contributed by atoms with Crippen LogP contribution in [0.15, 0.2) is 53.7 Å². The number of hydrogen-bond donors (Lipinski definition) is 0. The lowest BCUT2D eigenvalue weighted by Crippen LogP contribution is -2.16. The standard InChI is InChI=1S/C21H21ClF3NO/c22-17-11-12-19(21(23,24)25)18(13-17)20(16-9-5-2-6-10-16)26-27-14-15-7-3-1-4-8-15/h2,5-6,9-13,15H,1,3-4,7-8,14H2. The summed E-state index contributed by atoms with van der Waals surface area (Å²) >= 11 is 5.99. The van der Waals surface area contributed by atoms with Gasteiger partial charge in [0.25, 0.3) is 0 Å². The number of alkyl halides is 3. The van der Waals surface area contributed by atoms with E-state index >= 15 is 0 Å². The molecule has 1 aliphatic carbocycles. The Morgan fingerprint density at radius 2 is 1.74 bits per heavy atom. The average molecular weight is 396 g/mol. The van der Waals surface area contributed by atoms with E-state index in [-0.39, 0.29) is 16.3 Å². The quantitative estimate of drug-likeness (QED) is 0.407. The Labute approximate surface area is 162 Å². The zero-order valence-corrected chi connectivity index (χ0v) is 15.6. The molecule has 1 fully saturated rings. The first-order valence-corrected chi connectivity index (χ1v) is 9.45. The van der Waals surface area contributed by atoms with E-state index in [9.17, 15) is 13.2 Å². The monoisotopic (exact) mass is 395 g/mol. The van der Waals surface area contributed by atoms with Crippen LogP contribution in [0, 0.1) is 5.92 Å². The highest BCUT2D eigenvalue weighted by Crippen LogP contribution is 2.34. The molecule has 0 radical (unpaired) electrons. The Morgan fingerprint density at radius 1 is 1.04 bits per heavy atom. The Hall–Kier alpha value is -2.01. The average Bonchev–Trinajstić information content (AvgIpc) is 2.66. The molecular weight excluding hydrogens is 375 g/mol. The summed E-state index contributed by atoms with van der Waals surface area (Å²) in [6.45, 7) is 0.415.